The van der Waals surface area contributed by atoms with Gasteiger partial charge < -0.3 is 26.8 Å². The second-order valence-electron chi connectivity index (χ2n) is 4.25. The van der Waals surface area contributed by atoms with Gasteiger partial charge in [0.05, 0.1) is 12.5 Å². The van der Waals surface area contributed by atoms with Crippen LogP contribution in [-0.4, -0.2) is 36.2 Å². The van der Waals surface area contributed by atoms with E-state index in [4.69, 9.17) is 10.8 Å². The number of carboxylic acids is 1. The van der Waals surface area contributed by atoms with Gasteiger partial charge in [-0.2, -0.15) is 0 Å². The van der Waals surface area contributed by atoms with Crippen molar-refractivity contribution in [3.05, 3.63) is 35.9 Å². The molecule has 0 aliphatic rings. The van der Waals surface area contributed by atoms with Crippen molar-refractivity contribution in [2.75, 3.05) is 13.1 Å². The molecule has 0 heterocycles. The Labute approximate surface area is 121 Å². The van der Waals surface area contributed by atoms with Crippen molar-refractivity contribution < 1.29 is 19.5 Å². The number of rotatable bonds is 7. The number of amides is 4. The van der Waals surface area contributed by atoms with E-state index >= 15 is 0 Å². The highest BCUT2D eigenvalue weighted by atomic mass is 16.4. The van der Waals surface area contributed by atoms with Crippen molar-refractivity contribution in [3.8, 4) is 0 Å². The van der Waals surface area contributed by atoms with Crippen LogP contribution >= 0.6 is 0 Å². The van der Waals surface area contributed by atoms with Crippen LogP contribution in [0.4, 0.5) is 9.59 Å². The van der Waals surface area contributed by atoms with Crippen molar-refractivity contribution in [2.45, 2.75) is 12.5 Å². The molecule has 1 atom stereocenters. The van der Waals surface area contributed by atoms with Gasteiger partial charge in [0.15, 0.2) is 0 Å². The van der Waals surface area contributed by atoms with Gasteiger partial charge in [0.2, 0.25) is 0 Å². The van der Waals surface area contributed by atoms with Gasteiger partial charge >= 0.3 is 18.0 Å². The Bertz CT molecular complexity index is 492. The lowest BCUT2D eigenvalue weighted by molar-refractivity contribution is -0.137. The second kappa shape index (κ2) is 8.41. The van der Waals surface area contributed by atoms with E-state index in [1.54, 1.807) is 30.3 Å². The summed E-state index contributed by atoms with van der Waals surface area (Å²) in [5.74, 6) is -1.01. The smallest absolute Gasteiger partial charge is 0.315 e. The summed E-state index contributed by atoms with van der Waals surface area (Å²) >= 11 is 0. The van der Waals surface area contributed by atoms with E-state index in [-0.39, 0.29) is 19.5 Å². The molecule has 0 aliphatic heterocycles. The number of hydrogen-bond acceptors (Lipinski definition) is 3. The number of nitrogens with two attached hydrogens (primary N) is 1. The summed E-state index contributed by atoms with van der Waals surface area (Å²) in [6, 6.07) is 6.98. The van der Waals surface area contributed by atoms with Gasteiger partial charge in [-0.05, 0) is 5.56 Å². The number of carboxylic acid groups (broad SMARTS) is 1. The topological polar surface area (TPSA) is 134 Å². The van der Waals surface area contributed by atoms with E-state index in [0.717, 1.165) is 0 Å². The Morgan fingerprint density at radius 2 is 1.71 bits per heavy atom. The highest BCUT2D eigenvalue weighted by Crippen LogP contribution is 2.16. The van der Waals surface area contributed by atoms with Crippen LogP contribution < -0.4 is 21.7 Å². The van der Waals surface area contributed by atoms with Gasteiger partial charge in [0, 0.05) is 13.1 Å². The molecule has 1 unspecified atom stereocenters. The van der Waals surface area contributed by atoms with Crippen LogP contribution in [0.15, 0.2) is 30.3 Å². The molecule has 8 heteroatoms. The maximum absolute atomic E-state index is 11.7. The molecule has 8 nitrogen and oxygen atoms in total. The molecule has 0 aliphatic carbocycles. The van der Waals surface area contributed by atoms with Crippen LogP contribution in [0.1, 0.15) is 18.0 Å². The number of nitrogens with one attached hydrogen (secondary N) is 3. The fraction of sp³-hybridized carbons (Fsp3) is 0.308. The Morgan fingerprint density at radius 1 is 1.10 bits per heavy atom. The number of urea groups is 2. The molecular formula is C13H18N4O4. The molecule has 21 heavy (non-hydrogen) atoms. The lowest BCUT2D eigenvalue weighted by Crippen LogP contribution is -2.42. The number of primary amides is 1. The van der Waals surface area contributed by atoms with E-state index in [9.17, 15) is 14.4 Å². The number of carbonyl (C=O) groups excluding carboxylic acids is 2. The van der Waals surface area contributed by atoms with E-state index in [2.05, 4.69) is 16.0 Å². The molecular weight excluding hydrogens is 276 g/mol. The van der Waals surface area contributed by atoms with Crippen LogP contribution in [0.3, 0.4) is 0 Å². The third kappa shape index (κ3) is 6.81. The minimum Gasteiger partial charge on any atom is -0.481 e. The first-order valence-corrected chi connectivity index (χ1v) is 6.33. The minimum absolute atomic E-state index is 0.184. The number of hydrogen-bond donors (Lipinski definition) is 5. The van der Waals surface area contributed by atoms with Crippen molar-refractivity contribution in [2.24, 2.45) is 5.73 Å². The first kappa shape index (κ1) is 16.3. The SMILES string of the molecule is NC(=O)NCCNC(=O)NC(CC(=O)O)c1ccccc1. The summed E-state index contributed by atoms with van der Waals surface area (Å²) in [7, 11) is 0. The number of aliphatic carboxylic acids is 1. The molecule has 114 valence electrons. The first-order chi connectivity index (χ1) is 9.99. The predicted octanol–water partition coefficient (Wildman–Crippen LogP) is 0.170. The Kier molecular flexibility index (Phi) is 6.52. The molecule has 0 fully saturated rings. The summed E-state index contributed by atoms with van der Waals surface area (Å²) in [6.45, 7) is 0.376. The van der Waals surface area contributed by atoms with Crippen molar-refractivity contribution in [3.63, 3.8) is 0 Å². The fourth-order valence-corrected chi connectivity index (χ4v) is 1.68. The van der Waals surface area contributed by atoms with Gasteiger partial charge in [-0.25, -0.2) is 9.59 Å². The Balaban J connectivity index is 2.51. The molecule has 1 aromatic rings. The highest BCUT2D eigenvalue weighted by molar-refractivity contribution is 5.76. The summed E-state index contributed by atoms with van der Waals surface area (Å²) in [6.07, 6.45) is -0.225. The summed E-state index contributed by atoms with van der Waals surface area (Å²) in [5, 5.41) is 16.3. The summed E-state index contributed by atoms with van der Waals surface area (Å²) < 4.78 is 0. The maximum atomic E-state index is 11.7. The van der Waals surface area contributed by atoms with E-state index < -0.39 is 24.1 Å². The number of carbonyl (C=O) groups is 3. The van der Waals surface area contributed by atoms with Crippen LogP contribution in [0.2, 0.25) is 0 Å². The molecule has 6 N–H and O–H groups in total. The average Bonchev–Trinajstić information content (AvgIpc) is 2.43. The van der Waals surface area contributed by atoms with Crippen LogP contribution in [0.5, 0.6) is 0 Å². The molecule has 0 saturated carbocycles. The maximum Gasteiger partial charge on any atom is 0.315 e. The van der Waals surface area contributed by atoms with E-state index in [0.29, 0.717) is 5.56 Å². The Hall–Kier alpha value is -2.77. The fourth-order valence-electron chi connectivity index (χ4n) is 1.68. The highest BCUT2D eigenvalue weighted by Gasteiger charge is 2.17. The molecule has 0 bridgehead atoms. The van der Waals surface area contributed by atoms with Crippen LogP contribution in [0.25, 0.3) is 0 Å². The van der Waals surface area contributed by atoms with Crippen molar-refractivity contribution in [1.82, 2.24) is 16.0 Å². The van der Waals surface area contributed by atoms with Crippen molar-refractivity contribution >= 4 is 18.0 Å². The predicted molar refractivity (Wildman–Crippen MR) is 75.6 cm³/mol. The van der Waals surface area contributed by atoms with Gasteiger partial charge in [-0.1, -0.05) is 30.3 Å². The largest absolute Gasteiger partial charge is 0.481 e. The van der Waals surface area contributed by atoms with Gasteiger partial charge in [-0.3, -0.25) is 4.79 Å². The van der Waals surface area contributed by atoms with Crippen LogP contribution in [0, 0.1) is 0 Å². The van der Waals surface area contributed by atoms with E-state index in [1.165, 1.54) is 0 Å². The average molecular weight is 294 g/mol. The minimum atomic E-state index is -1.01. The molecule has 0 spiro atoms. The molecule has 0 aromatic heterocycles. The van der Waals surface area contributed by atoms with Crippen molar-refractivity contribution in [1.29, 1.82) is 0 Å². The van der Waals surface area contributed by atoms with Gasteiger partial charge in [0.25, 0.3) is 0 Å². The molecule has 0 radical (unpaired) electrons. The third-order valence-electron chi connectivity index (χ3n) is 2.60. The normalized spacial score (nSPS) is 11.2. The summed E-state index contributed by atoms with van der Waals surface area (Å²) in [4.78, 5) is 33.0. The van der Waals surface area contributed by atoms with Crippen LogP contribution in [-0.2, 0) is 4.79 Å². The molecule has 0 saturated heterocycles. The lowest BCUT2D eigenvalue weighted by Gasteiger charge is -2.18. The Morgan fingerprint density at radius 3 is 2.29 bits per heavy atom. The van der Waals surface area contributed by atoms with E-state index in [1.807, 2.05) is 0 Å². The zero-order valence-corrected chi connectivity index (χ0v) is 11.3. The quantitative estimate of drug-likeness (QED) is 0.458. The second-order valence-corrected chi connectivity index (χ2v) is 4.25. The standard InChI is InChI=1S/C13H18N4O4/c14-12(20)15-6-7-16-13(21)17-10(8-11(18)19)9-4-2-1-3-5-9/h1-5,10H,6-8H2,(H,18,19)(H3,14,15,20)(H2,16,17,21). The zero-order valence-electron chi connectivity index (χ0n) is 11.3. The molecule has 1 aromatic carbocycles. The first-order valence-electron chi connectivity index (χ1n) is 6.33. The monoisotopic (exact) mass is 294 g/mol. The van der Waals surface area contributed by atoms with Gasteiger partial charge in [-0.15, -0.1) is 0 Å². The zero-order chi connectivity index (χ0) is 15.7. The third-order valence-corrected chi connectivity index (χ3v) is 2.60. The lowest BCUT2D eigenvalue weighted by atomic mass is 10.0. The molecule has 4 amide bonds. The molecule has 1 rings (SSSR count). The summed E-state index contributed by atoms with van der Waals surface area (Å²) in [5.41, 5.74) is 5.58. The van der Waals surface area contributed by atoms with Gasteiger partial charge in [0.1, 0.15) is 0 Å². The number of benzene rings is 1.